The van der Waals surface area contributed by atoms with Gasteiger partial charge in [-0.3, -0.25) is 9.59 Å². The number of fused-ring (bicyclic) bond motifs is 1. The summed E-state index contributed by atoms with van der Waals surface area (Å²) >= 11 is 7.34. The van der Waals surface area contributed by atoms with Crippen LogP contribution in [0, 0.1) is 0 Å². The number of carbonyl (C=O) groups is 2. The van der Waals surface area contributed by atoms with E-state index in [1.54, 1.807) is 31.2 Å². The minimum absolute atomic E-state index is 0.115. The molecule has 1 unspecified atom stereocenters. The number of amides is 2. The molecule has 148 valence electrons. The molecule has 0 aliphatic carbocycles. The quantitative estimate of drug-likeness (QED) is 0.739. The Kier molecular flexibility index (Phi) is 6.70. The first-order valence-corrected chi connectivity index (χ1v) is 10.0. The van der Waals surface area contributed by atoms with Crippen molar-refractivity contribution in [1.82, 2.24) is 4.90 Å². The number of rotatable bonds is 7. The smallest absolute Gasteiger partial charge is 0.238 e. The fourth-order valence-corrected chi connectivity index (χ4v) is 3.98. The highest BCUT2D eigenvalue weighted by molar-refractivity contribution is 8.01. The molecule has 2 aromatic rings. The van der Waals surface area contributed by atoms with Gasteiger partial charge < -0.3 is 19.7 Å². The Morgan fingerprint density at radius 2 is 2.00 bits per heavy atom. The van der Waals surface area contributed by atoms with Crippen LogP contribution in [0.25, 0.3) is 0 Å². The first-order valence-electron chi connectivity index (χ1n) is 8.75. The van der Waals surface area contributed by atoms with Crippen LogP contribution in [0.2, 0.25) is 5.02 Å². The Hall–Kier alpha value is -2.38. The number of para-hydroxylation sites is 2. The maximum absolute atomic E-state index is 12.5. The van der Waals surface area contributed by atoms with Crippen LogP contribution in [0.1, 0.15) is 6.42 Å². The first-order chi connectivity index (χ1) is 13.5. The number of halogens is 1. The number of anilines is 1. The molecule has 0 fully saturated rings. The number of carbonyl (C=O) groups excluding carboxylic acids is 2. The Morgan fingerprint density at radius 1 is 1.25 bits per heavy atom. The lowest BCUT2D eigenvalue weighted by Gasteiger charge is -2.25. The molecule has 0 saturated carbocycles. The van der Waals surface area contributed by atoms with Gasteiger partial charge in [-0.25, -0.2) is 0 Å². The van der Waals surface area contributed by atoms with Crippen molar-refractivity contribution in [1.29, 1.82) is 0 Å². The van der Waals surface area contributed by atoms with Crippen LogP contribution in [0.4, 0.5) is 5.69 Å². The van der Waals surface area contributed by atoms with E-state index in [1.807, 2.05) is 30.3 Å². The maximum Gasteiger partial charge on any atom is 0.238 e. The molecule has 0 radical (unpaired) electrons. The fourth-order valence-electron chi connectivity index (χ4n) is 2.73. The van der Waals surface area contributed by atoms with Crippen LogP contribution in [-0.2, 0) is 9.59 Å². The van der Waals surface area contributed by atoms with Crippen LogP contribution in [0.5, 0.6) is 11.5 Å². The van der Waals surface area contributed by atoms with E-state index in [0.29, 0.717) is 35.4 Å². The van der Waals surface area contributed by atoms with Gasteiger partial charge in [0, 0.05) is 23.4 Å². The highest BCUT2D eigenvalue weighted by Crippen LogP contribution is 2.38. The second-order valence-electron chi connectivity index (χ2n) is 6.25. The molecule has 1 aliphatic heterocycles. The van der Waals surface area contributed by atoms with E-state index in [4.69, 9.17) is 21.1 Å². The van der Waals surface area contributed by atoms with Gasteiger partial charge in [-0.15, -0.1) is 11.8 Å². The van der Waals surface area contributed by atoms with Crippen LogP contribution in [-0.4, -0.2) is 49.3 Å². The van der Waals surface area contributed by atoms with E-state index >= 15 is 0 Å². The van der Waals surface area contributed by atoms with Gasteiger partial charge in [0.05, 0.1) is 24.6 Å². The minimum atomic E-state index is -0.473. The lowest BCUT2D eigenvalue weighted by molar-refractivity contribution is -0.131. The molecular formula is C20H21ClN2O4S. The number of nitrogens with one attached hydrogen (secondary N) is 1. The second-order valence-corrected chi connectivity index (χ2v) is 7.94. The minimum Gasteiger partial charge on any atom is -0.493 e. The average molecular weight is 421 g/mol. The molecule has 0 aromatic heterocycles. The second kappa shape index (κ2) is 9.21. The highest BCUT2D eigenvalue weighted by Gasteiger charge is 2.30. The van der Waals surface area contributed by atoms with Gasteiger partial charge in [-0.05, 0) is 30.3 Å². The summed E-state index contributed by atoms with van der Waals surface area (Å²) in [4.78, 5) is 27.3. The molecule has 0 spiro atoms. The molecule has 3 rings (SSSR count). The van der Waals surface area contributed by atoms with E-state index < -0.39 is 5.25 Å². The Labute approximate surface area is 173 Å². The summed E-state index contributed by atoms with van der Waals surface area (Å²) in [7, 11) is 3.28. The molecular weight excluding hydrogens is 400 g/mol. The molecule has 1 N–H and O–H groups in total. The number of thioether (sulfide) groups is 1. The molecule has 6 nitrogen and oxygen atoms in total. The standard InChI is InChI=1S/C20H21ClN2O4S/c1-23(9-10-27-16-6-4-3-5-15(16)26-2)19(24)12-18-20(25)22-14-11-13(21)7-8-17(14)28-18/h3-8,11,18H,9-10,12H2,1-2H3,(H,22,25). The van der Waals surface area contributed by atoms with E-state index in [2.05, 4.69) is 5.32 Å². The third-order valence-electron chi connectivity index (χ3n) is 4.30. The van der Waals surface area contributed by atoms with Crippen molar-refractivity contribution in [2.24, 2.45) is 0 Å². The van der Waals surface area contributed by atoms with Gasteiger partial charge in [0.1, 0.15) is 6.61 Å². The van der Waals surface area contributed by atoms with Crippen molar-refractivity contribution in [2.75, 3.05) is 32.6 Å². The number of methoxy groups -OCH3 is 1. The summed E-state index contributed by atoms with van der Waals surface area (Å²) < 4.78 is 10.9. The Bertz CT molecular complexity index is 877. The summed E-state index contributed by atoms with van der Waals surface area (Å²) in [5, 5.41) is 2.90. The van der Waals surface area contributed by atoms with Crippen molar-refractivity contribution >= 4 is 40.9 Å². The number of hydrogen-bond acceptors (Lipinski definition) is 5. The number of benzene rings is 2. The molecule has 1 aliphatic rings. The van der Waals surface area contributed by atoms with E-state index in [0.717, 1.165) is 4.90 Å². The van der Waals surface area contributed by atoms with Gasteiger partial charge in [0.15, 0.2) is 11.5 Å². The zero-order valence-electron chi connectivity index (χ0n) is 15.6. The molecule has 2 amide bonds. The van der Waals surface area contributed by atoms with Gasteiger partial charge in [0.25, 0.3) is 0 Å². The maximum atomic E-state index is 12.5. The number of hydrogen-bond donors (Lipinski definition) is 1. The number of ether oxygens (including phenoxy) is 2. The van der Waals surface area contributed by atoms with E-state index in [9.17, 15) is 9.59 Å². The molecule has 1 heterocycles. The summed E-state index contributed by atoms with van der Waals surface area (Å²) in [6.07, 6.45) is 0.115. The normalized spacial score (nSPS) is 15.4. The van der Waals surface area contributed by atoms with E-state index in [-0.39, 0.29) is 18.2 Å². The fraction of sp³-hybridized carbons (Fsp3) is 0.300. The van der Waals surface area contributed by atoms with Gasteiger partial charge >= 0.3 is 0 Å². The average Bonchev–Trinajstić information content (AvgIpc) is 2.69. The predicted molar refractivity (Wildman–Crippen MR) is 110 cm³/mol. The van der Waals surface area contributed by atoms with Crippen LogP contribution in [0.15, 0.2) is 47.4 Å². The monoisotopic (exact) mass is 420 g/mol. The van der Waals surface area contributed by atoms with Crippen LogP contribution in [0.3, 0.4) is 0 Å². The third kappa shape index (κ3) is 4.91. The van der Waals surface area contributed by atoms with Gasteiger partial charge in [0.2, 0.25) is 11.8 Å². The summed E-state index contributed by atoms with van der Waals surface area (Å²) in [6.45, 7) is 0.732. The molecule has 8 heteroatoms. The molecule has 28 heavy (non-hydrogen) atoms. The van der Waals surface area contributed by atoms with Crippen LogP contribution < -0.4 is 14.8 Å². The van der Waals surface area contributed by atoms with Gasteiger partial charge in [-0.2, -0.15) is 0 Å². The first kappa shape index (κ1) is 20.4. The van der Waals surface area contributed by atoms with Crippen molar-refractivity contribution in [2.45, 2.75) is 16.6 Å². The topological polar surface area (TPSA) is 67.9 Å². The molecule has 2 aromatic carbocycles. The lowest BCUT2D eigenvalue weighted by Crippen LogP contribution is -2.37. The van der Waals surface area contributed by atoms with Crippen molar-refractivity contribution in [3.8, 4) is 11.5 Å². The lowest BCUT2D eigenvalue weighted by atomic mass is 10.2. The molecule has 0 saturated heterocycles. The molecule has 1 atom stereocenters. The summed E-state index contributed by atoms with van der Waals surface area (Å²) in [6, 6.07) is 12.7. The third-order valence-corrected chi connectivity index (χ3v) is 5.81. The zero-order valence-corrected chi connectivity index (χ0v) is 17.2. The van der Waals surface area contributed by atoms with E-state index in [1.165, 1.54) is 11.8 Å². The van der Waals surface area contributed by atoms with Gasteiger partial charge in [-0.1, -0.05) is 23.7 Å². The van der Waals surface area contributed by atoms with Crippen molar-refractivity contribution in [3.05, 3.63) is 47.5 Å². The number of likely N-dealkylation sites (N-methyl/N-ethyl adjacent to an activating group) is 1. The summed E-state index contributed by atoms with van der Waals surface area (Å²) in [5.41, 5.74) is 0.685. The van der Waals surface area contributed by atoms with Crippen molar-refractivity contribution in [3.63, 3.8) is 0 Å². The Balaban J connectivity index is 1.51. The SMILES string of the molecule is COc1ccccc1OCCN(C)C(=O)CC1Sc2ccc(Cl)cc2NC1=O. The summed E-state index contributed by atoms with van der Waals surface area (Å²) in [5.74, 6) is 0.967. The molecule has 0 bridgehead atoms. The Morgan fingerprint density at radius 3 is 2.75 bits per heavy atom. The number of nitrogens with zero attached hydrogens (tertiary/aromatic N) is 1. The largest absolute Gasteiger partial charge is 0.493 e. The highest BCUT2D eigenvalue weighted by atomic mass is 35.5. The van der Waals surface area contributed by atoms with Crippen LogP contribution >= 0.6 is 23.4 Å². The van der Waals surface area contributed by atoms with Crippen molar-refractivity contribution < 1.29 is 19.1 Å². The predicted octanol–water partition coefficient (Wildman–Crippen LogP) is 3.69. The zero-order chi connectivity index (χ0) is 20.1.